The van der Waals surface area contributed by atoms with Gasteiger partial charge in [-0.25, -0.2) is 0 Å². The Morgan fingerprint density at radius 1 is 1.17 bits per heavy atom. The molecule has 0 aliphatic heterocycles. The van der Waals surface area contributed by atoms with E-state index in [1.807, 2.05) is 0 Å². The highest BCUT2D eigenvalue weighted by molar-refractivity contribution is 9.10. The Kier molecular flexibility index (Phi) is 7.09. The van der Waals surface area contributed by atoms with Gasteiger partial charge in [0.25, 0.3) is 5.91 Å². The second kappa shape index (κ2) is 9.55. The molecule has 0 saturated carbocycles. The minimum atomic E-state index is -0.254. The van der Waals surface area contributed by atoms with Crippen molar-refractivity contribution in [1.29, 1.82) is 0 Å². The molecule has 0 aliphatic rings. The first-order valence-electron chi connectivity index (χ1n) is 9.70. The van der Waals surface area contributed by atoms with Crippen molar-refractivity contribution in [3.05, 3.63) is 67.7 Å². The van der Waals surface area contributed by atoms with Crippen molar-refractivity contribution in [3.63, 3.8) is 0 Å². The number of amides is 1. The number of nitrogens with zero attached hydrogens (tertiary/aromatic N) is 2. The first-order chi connectivity index (χ1) is 14.0. The predicted octanol–water partition coefficient (Wildman–Crippen LogP) is 6.01. The highest BCUT2D eigenvalue weighted by Crippen LogP contribution is 2.28. The fourth-order valence-corrected chi connectivity index (χ4v) is 5.06. The van der Waals surface area contributed by atoms with E-state index in [1.54, 1.807) is 36.6 Å². The summed E-state index contributed by atoms with van der Waals surface area (Å²) >= 11 is 5.05. The Balaban J connectivity index is 2.11. The van der Waals surface area contributed by atoms with E-state index in [4.69, 9.17) is 4.74 Å². The number of aromatic nitrogens is 1. The average molecular weight is 473 g/mol. The minimum Gasteiger partial charge on any atom is -0.496 e. The molecule has 3 rings (SSSR count). The molecule has 152 valence electrons. The van der Waals surface area contributed by atoms with Crippen molar-refractivity contribution < 1.29 is 9.53 Å². The molecule has 2 aromatic carbocycles. The van der Waals surface area contributed by atoms with Crippen LogP contribution >= 0.6 is 27.3 Å². The van der Waals surface area contributed by atoms with Gasteiger partial charge in [-0.1, -0.05) is 43.2 Å². The van der Waals surface area contributed by atoms with Crippen molar-refractivity contribution in [2.45, 2.75) is 40.2 Å². The number of benzene rings is 2. The molecule has 0 fully saturated rings. The second-order valence-corrected chi connectivity index (χ2v) is 8.70. The molecule has 4 nitrogen and oxygen atoms in total. The molecule has 1 aromatic heterocycles. The van der Waals surface area contributed by atoms with Crippen molar-refractivity contribution in [2.75, 3.05) is 7.11 Å². The first-order valence-corrected chi connectivity index (χ1v) is 11.3. The lowest BCUT2D eigenvalue weighted by Gasteiger charge is -2.09. The zero-order valence-electron chi connectivity index (χ0n) is 17.2. The Morgan fingerprint density at radius 3 is 2.48 bits per heavy atom. The van der Waals surface area contributed by atoms with Crippen molar-refractivity contribution in [1.82, 2.24) is 4.57 Å². The van der Waals surface area contributed by atoms with Gasteiger partial charge < -0.3 is 9.30 Å². The molecule has 0 unspecified atom stereocenters. The Labute approximate surface area is 184 Å². The van der Waals surface area contributed by atoms with Gasteiger partial charge >= 0.3 is 0 Å². The number of halogens is 1. The standard InChI is InChI=1S/C23H25BrN2O2S/c1-5-7-20-21(16-10-8-15(3)9-11-16)26(6-2)23(29-20)25-22(27)17-12-13-19(28-4)18(24)14-17/h8-14H,5-7H2,1-4H3. The van der Waals surface area contributed by atoms with Crippen LogP contribution in [-0.2, 0) is 13.0 Å². The molecule has 0 saturated heterocycles. The maximum Gasteiger partial charge on any atom is 0.279 e. The Hall–Kier alpha value is -2.18. The van der Waals surface area contributed by atoms with Crippen LogP contribution in [0.2, 0.25) is 0 Å². The van der Waals surface area contributed by atoms with Crippen molar-refractivity contribution in [2.24, 2.45) is 4.99 Å². The molecular formula is C23H25BrN2O2S. The SMILES string of the molecule is CCCc1sc(=NC(=O)c2ccc(OC)c(Br)c2)n(CC)c1-c1ccc(C)cc1. The summed E-state index contributed by atoms with van der Waals surface area (Å²) in [7, 11) is 1.60. The van der Waals surface area contributed by atoms with Gasteiger partial charge in [-0.15, -0.1) is 11.3 Å². The van der Waals surface area contributed by atoms with Crippen LogP contribution in [0.1, 0.15) is 41.1 Å². The molecule has 6 heteroatoms. The topological polar surface area (TPSA) is 43.6 Å². The molecule has 1 amide bonds. The van der Waals surface area contributed by atoms with Crippen LogP contribution < -0.4 is 9.54 Å². The van der Waals surface area contributed by atoms with Gasteiger partial charge in [0.15, 0.2) is 4.80 Å². The summed E-state index contributed by atoms with van der Waals surface area (Å²) in [5.74, 6) is 0.434. The third kappa shape index (κ3) is 4.70. The number of carbonyl (C=O) groups is 1. The van der Waals surface area contributed by atoms with Crippen LogP contribution in [0.5, 0.6) is 5.75 Å². The maximum atomic E-state index is 12.9. The maximum absolute atomic E-state index is 12.9. The average Bonchev–Trinajstić information content (AvgIpc) is 3.05. The molecular weight excluding hydrogens is 448 g/mol. The summed E-state index contributed by atoms with van der Waals surface area (Å²) < 4.78 is 8.14. The van der Waals surface area contributed by atoms with Crippen LogP contribution in [0.25, 0.3) is 11.3 Å². The van der Waals surface area contributed by atoms with Gasteiger partial charge in [0.1, 0.15) is 5.75 Å². The Bertz CT molecular complexity index is 1080. The zero-order valence-corrected chi connectivity index (χ0v) is 19.6. The third-order valence-corrected chi connectivity index (χ3v) is 6.45. The minimum absolute atomic E-state index is 0.254. The van der Waals surface area contributed by atoms with Crippen LogP contribution in [-0.4, -0.2) is 17.6 Å². The number of rotatable bonds is 6. The van der Waals surface area contributed by atoms with E-state index in [0.717, 1.165) is 28.7 Å². The highest BCUT2D eigenvalue weighted by Gasteiger charge is 2.16. The van der Waals surface area contributed by atoms with Gasteiger partial charge in [0.05, 0.1) is 17.3 Å². The predicted molar refractivity (Wildman–Crippen MR) is 123 cm³/mol. The number of hydrogen-bond acceptors (Lipinski definition) is 3. The summed E-state index contributed by atoms with van der Waals surface area (Å²) in [6.07, 6.45) is 2.01. The summed E-state index contributed by atoms with van der Waals surface area (Å²) in [5, 5.41) is 0. The van der Waals surface area contributed by atoms with Crippen LogP contribution in [0.15, 0.2) is 51.9 Å². The number of aryl methyl sites for hydroxylation is 2. The summed E-state index contributed by atoms with van der Waals surface area (Å²) in [4.78, 5) is 19.3. The van der Waals surface area contributed by atoms with Gasteiger partial charge in [-0.3, -0.25) is 4.79 Å². The lowest BCUT2D eigenvalue weighted by atomic mass is 10.1. The second-order valence-electron chi connectivity index (χ2n) is 6.78. The lowest BCUT2D eigenvalue weighted by Crippen LogP contribution is -2.17. The first kappa shape index (κ1) is 21.5. The Morgan fingerprint density at radius 2 is 1.90 bits per heavy atom. The van der Waals surface area contributed by atoms with E-state index in [9.17, 15) is 4.79 Å². The van der Waals surface area contributed by atoms with E-state index in [-0.39, 0.29) is 5.91 Å². The number of carbonyl (C=O) groups excluding carboxylic acids is 1. The fraction of sp³-hybridized carbons (Fsp3) is 0.304. The molecule has 0 radical (unpaired) electrons. The third-order valence-electron chi connectivity index (χ3n) is 4.69. The zero-order chi connectivity index (χ0) is 21.0. The van der Waals surface area contributed by atoms with Crippen LogP contribution in [0.3, 0.4) is 0 Å². The van der Waals surface area contributed by atoms with Gasteiger partial charge in [-0.2, -0.15) is 4.99 Å². The number of methoxy groups -OCH3 is 1. The van der Waals surface area contributed by atoms with E-state index >= 15 is 0 Å². The van der Waals surface area contributed by atoms with Gasteiger partial charge in [0, 0.05) is 17.0 Å². The lowest BCUT2D eigenvalue weighted by molar-refractivity contribution is 0.0997. The number of thiazole rings is 1. The highest BCUT2D eigenvalue weighted by atomic mass is 79.9. The quantitative estimate of drug-likeness (QED) is 0.440. The van der Waals surface area contributed by atoms with E-state index in [0.29, 0.717) is 11.3 Å². The molecule has 0 N–H and O–H groups in total. The molecule has 1 heterocycles. The summed E-state index contributed by atoms with van der Waals surface area (Å²) in [5.41, 5.74) is 4.09. The van der Waals surface area contributed by atoms with E-state index < -0.39 is 0 Å². The van der Waals surface area contributed by atoms with Crippen LogP contribution in [0, 0.1) is 6.92 Å². The molecule has 3 aromatic rings. The molecule has 0 aliphatic carbocycles. The van der Waals surface area contributed by atoms with Crippen molar-refractivity contribution >= 4 is 33.2 Å². The van der Waals surface area contributed by atoms with Gasteiger partial charge in [0.2, 0.25) is 0 Å². The summed E-state index contributed by atoms with van der Waals surface area (Å²) in [6, 6.07) is 13.8. The monoisotopic (exact) mass is 472 g/mol. The van der Waals surface area contributed by atoms with Crippen LogP contribution in [0.4, 0.5) is 0 Å². The van der Waals surface area contributed by atoms with E-state index in [2.05, 4.69) is 70.5 Å². The molecule has 0 atom stereocenters. The molecule has 29 heavy (non-hydrogen) atoms. The largest absolute Gasteiger partial charge is 0.496 e. The molecule has 0 bridgehead atoms. The van der Waals surface area contributed by atoms with Crippen molar-refractivity contribution in [3.8, 4) is 17.0 Å². The number of ether oxygens (including phenoxy) is 1. The fourth-order valence-electron chi connectivity index (χ4n) is 3.21. The normalized spacial score (nSPS) is 11.7. The molecule has 0 spiro atoms. The number of hydrogen-bond donors (Lipinski definition) is 0. The summed E-state index contributed by atoms with van der Waals surface area (Å²) in [6.45, 7) is 7.10. The van der Waals surface area contributed by atoms with E-state index in [1.165, 1.54) is 21.7 Å². The van der Waals surface area contributed by atoms with Gasteiger partial charge in [-0.05, 0) is 60.0 Å². The smallest absolute Gasteiger partial charge is 0.279 e.